The summed E-state index contributed by atoms with van der Waals surface area (Å²) >= 11 is 6.19. The number of imide groups is 1. The average Bonchev–Trinajstić information content (AvgIpc) is 3.17. The number of carboxylic acids is 1. The molecule has 2 aromatic carbocycles. The van der Waals surface area contributed by atoms with Gasteiger partial charge in [-0.1, -0.05) is 60.2 Å². The molecule has 7 heteroatoms. The zero-order valence-corrected chi connectivity index (χ0v) is 17.3. The quantitative estimate of drug-likeness (QED) is 0.735. The molecule has 0 aliphatic carbocycles. The van der Waals surface area contributed by atoms with Crippen LogP contribution in [-0.2, 0) is 14.4 Å². The lowest BCUT2D eigenvalue weighted by molar-refractivity contribution is -0.147. The van der Waals surface area contributed by atoms with Crippen molar-refractivity contribution in [1.82, 2.24) is 5.32 Å². The van der Waals surface area contributed by atoms with Gasteiger partial charge in [0.2, 0.25) is 11.8 Å². The fourth-order valence-corrected chi connectivity index (χ4v) is 4.48. The van der Waals surface area contributed by atoms with Crippen molar-refractivity contribution in [1.29, 1.82) is 0 Å². The van der Waals surface area contributed by atoms with Crippen LogP contribution in [-0.4, -0.2) is 34.5 Å². The number of nitrogens with one attached hydrogen (secondary N) is 1. The number of rotatable bonds is 4. The van der Waals surface area contributed by atoms with E-state index in [9.17, 15) is 19.5 Å². The molecule has 30 heavy (non-hydrogen) atoms. The number of anilines is 1. The van der Waals surface area contributed by atoms with Gasteiger partial charge in [0, 0.05) is 11.1 Å². The van der Waals surface area contributed by atoms with E-state index in [1.807, 2.05) is 43.3 Å². The van der Waals surface area contributed by atoms with E-state index in [0.717, 1.165) is 16.0 Å². The molecule has 6 nitrogen and oxygen atoms in total. The van der Waals surface area contributed by atoms with Gasteiger partial charge in [-0.2, -0.15) is 0 Å². The monoisotopic (exact) mass is 424 g/mol. The number of carbonyl (C=O) groups excluding carboxylic acids is 2. The standard InChI is InChI=1S/C23H21ClN2O4/c1-13-8-10-15(12-16(13)24)26-20(27)18-17(11-9-14-6-4-3-5-7-14)25-23(2,22(29)30)19(18)21(26)28/h3-12,17-19,25H,1-2H3,(H,29,30). The second-order valence-corrected chi connectivity index (χ2v) is 8.30. The van der Waals surface area contributed by atoms with Gasteiger partial charge in [0.25, 0.3) is 0 Å². The molecule has 2 aliphatic heterocycles. The largest absolute Gasteiger partial charge is 0.480 e. The summed E-state index contributed by atoms with van der Waals surface area (Å²) in [5.41, 5.74) is 0.527. The van der Waals surface area contributed by atoms with E-state index in [-0.39, 0.29) is 0 Å². The number of amides is 2. The van der Waals surface area contributed by atoms with Crippen molar-refractivity contribution in [2.75, 3.05) is 4.90 Å². The molecule has 2 aliphatic rings. The molecule has 0 aromatic heterocycles. The average molecular weight is 425 g/mol. The number of halogens is 1. The molecule has 2 amide bonds. The number of aliphatic carboxylic acids is 1. The predicted molar refractivity (Wildman–Crippen MR) is 114 cm³/mol. The molecule has 2 saturated heterocycles. The van der Waals surface area contributed by atoms with Crippen LogP contribution in [0.5, 0.6) is 0 Å². The number of carbonyl (C=O) groups is 3. The highest BCUT2D eigenvalue weighted by Gasteiger charge is 2.66. The van der Waals surface area contributed by atoms with Crippen LogP contribution in [0.25, 0.3) is 6.08 Å². The van der Waals surface area contributed by atoms with Crippen molar-refractivity contribution in [3.8, 4) is 0 Å². The fourth-order valence-electron chi connectivity index (χ4n) is 4.30. The lowest BCUT2D eigenvalue weighted by Gasteiger charge is -2.26. The first-order valence-electron chi connectivity index (χ1n) is 9.62. The highest BCUT2D eigenvalue weighted by molar-refractivity contribution is 6.32. The van der Waals surface area contributed by atoms with Gasteiger partial charge >= 0.3 is 5.97 Å². The van der Waals surface area contributed by atoms with Crippen molar-refractivity contribution in [3.05, 3.63) is 70.8 Å². The van der Waals surface area contributed by atoms with Gasteiger partial charge in [-0.3, -0.25) is 19.7 Å². The van der Waals surface area contributed by atoms with Crippen LogP contribution < -0.4 is 10.2 Å². The van der Waals surface area contributed by atoms with E-state index >= 15 is 0 Å². The molecule has 2 heterocycles. The van der Waals surface area contributed by atoms with E-state index < -0.39 is 41.2 Å². The van der Waals surface area contributed by atoms with Crippen LogP contribution >= 0.6 is 11.6 Å². The number of hydrogen-bond acceptors (Lipinski definition) is 4. The minimum atomic E-state index is -1.56. The fraction of sp³-hybridized carbons (Fsp3) is 0.261. The molecular formula is C23H21ClN2O4. The summed E-state index contributed by atoms with van der Waals surface area (Å²) in [4.78, 5) is 39.8. The summed E-state index contributed by atoms with van der Waals surface area (Å²) in [6.07, 6.45) is 3.59. The van der Waals surface area contributed by atoms with Crippen LogP contribution in [0.2, 0.25) is 5.02 Å². The molecule has 4 rings (SSSR count). The van der Waals surface area contributed by atoms with Gasteiger partial charge in [-0.05, 0) is 37.1 Å². The second-order valence-electron chi connectivity index (χ2n) is 7.90. The molecule has 0 spiro atoms. The number of carboxylic acid groups (broad SMARTS) is 1. The van der Waals surface area contributed by atoms with E-state index in [0.29, 0.717) is 10.7 Å². The van der Waals surface area contributed by atoms with Gasteiger partial charge < -0.3 is 5.11 Å². The summed E-state index contributed by atoms with van der Waals surface area (Å²) in [6.45, 7) is 3.28. The Labute approximate surface area is 179 Å². The first-order chi connectivity index (χ1) is 14.2. The van der Waals surface area contributed by atoms with E-state index in [1.54, 1.807) is 24.3 Å². The Kier molecular flexibility index (Phi) is 5.00. The molecule has 0 radical (unpaired) electrons. The zero-order chi connectivity index (χ0) is 21.6. The van der Waals surface area contributed by atoms with Crippen molar-refractivity contribution in [2.45, 2.75) is 25.4 Å². The Bertz CT molecular complexity index is 1070. The Morgan fingerprint density at radius 3 is 2.50 bits per heavy atom. The van der Waals surface area contributed by atoms with Crippen molar-refractivity contribution >= 4 is 41.1 Å². The van der Waals surface area contributed by atoms with Crippen LogP contribution in [0.4, 0.5) is 5.69 Å². The maximum atomic E-state index is 13.3. The zero-order valence-electron chi connectivity index (χ0n) is 16.5. The maximum Gasteiger partial charge on any atom is 0.324 e. The normalized spacial score (nSPS) is 28.4. The molecule has 4 atom stereocenters. The summed E-state index contributed by atoms with van der Waals surface area (Å²) in [7, 11) is 0. The lowest BCUT2D eigenvalue weighted by atomic mass is 9.81. The summed E-state index contributed by atoms with van der Waals surface area (Å²) in [5.74, 6) is -3.97. The van der Waals surface area contributed by atoms with Gasteiger partial charge in [-0.25, -0.2) is 4.90 Å². The lowest BCUT2D eigenvalue weighted by Crippen LogP contribution is -2.54. The number of nitrogens with zero attached hydrogens (tertiary/aromatic N) is 1. The highest BCUT2D eigenvalue weighted by Crippen LogP contribution is 2.45. The molecule has 2 N–H and O–H groups in total. The molecule has 0 bridgehead atoms. The predicted octanol–water partition coefficient (Wildman–Crippen LogP) is 3.28. The molecular weight excluding hydrogens is 404 g/mol. The minimum Gasteiger partial charge on any atom is -0.480 e. The Morgan fingerprint density at radius 2 is 1.87 bits per heavy atom. The van der Waals surface area contributed by atoms with Crippen LogP contribution in [0.3, 0.4) is 0 Å². The van der Waals surface area contributed by atoms with Crippen LogP contribution in [0.15, 0.2) is 54.6 Å². The third kappa shape index (κ3) is 3.13. The van der Waals surface area contributed by atoms with Crippen molar-refractivity contribution < 1.29 is 19.5 Å². The molecule has 2 fully saturated rings. The minimum absolute atomic E-state index is 0.355. The Hall–Kier alpha value is -2.96. The number of fused-ring (bicyclic) bond motifs is 1. The first kappa shape index (κ1) is 20.3. The van der Waals surface area contributed by atoms with Crippen LogP contribution in [0.1, 0.15) is 18.1 Å². The second kappa shape index (κ2) is 7.38. The summed E-state index contributed by atoms with van der Waals surface area (Å²) in [5, 5.41) is 13.3. The number of benzene rings is 2. The number of hydrogen-bond donors (Lipinski definition) is 2. The SMILES string of the molecule is Cc1ccc(N2C(=O)C3C(C=Cc4ccccc4)NC(C)(C(=O)O)C3C2=O)cc1Cl. The summed E-state index contributed by atoms with van der Waals surface area (Å²) in [6, 6.07) is 13.8. The van der Waals surface area contributed by atoms with Crippen LogP contribution in [0, 0.1) is 18.8 Å². The Balaban J connectivity index is 1.74. The number of aryl methyl sites for hydroxylation is 1. The third-order valence-corrected chi connectivity index (χ3v) is 6.39. The van der Waals surface area contributed by atoms with Gasteiger partial charge in [-0.15, -0.1) is 0 Å². The molecule has 2 aromatic rings. The molecule has 4 unspecified atom stereocenters. The molecule has 154 valence electrons. The van der Waals surface area contributed by atoms with Gasteiger partial charge in [0.15, 0.2) is 0 Å². The van der Waals surface area contributed by atoms with Crippen molar-refractivity contribution in [2.24, 2.45) is 11.8 Å². The van der Waals surface area contributed by atoms with E-state index in [1.165, 1.54) is 6.92 Å². The molecule has 0 saturated carbocycles. The van der Waals surface area contributed by atoms with E-state index in [2.05, 4.69) is 5.32 Å². The smallest absolute Gasteiger partial charge is 0.324 e. The topological polar surface area (TPSA) is 86.7 Å². The van der Waals surface area contributed by atoms with E-state index in [4.69, 9.17) is 11.6 Å². The first-order valence-corrected chi connectivity index (χ1v) is 10.00. The Morgan fingerprint density at radius 1 is 1.17 bits per heavy atom. The highest BCUT2D eigenvalue weighted by atomic mass is 35.5. The maximum absolute atomic E-state index is 13.3. The van der Waals surface area contributed by atoms with Gasteiger partial charge in [0.1, 0.15) is 5.54 Å². The van der Waals surface area contributed by atoms with Gasteiger partial charge in [0.05, 0.1) is 17.5 Å². The van der Waals surface area contributed by atoms with Crippen molar-refractivity contribution in [3.63, 3.8) is 0 Å². The summed E-state index contributed by atoms with van der Waals surface area (Å²) < 4.78 is 0. The third-order valence-electron chi connectivity index (χ3n) is 5.98.